The van der Waals surface area contributed by atoms with Crippen molar-refractivity contribution in [2.24, 2.45) is 0 Å². The maximum Gasteiger partial charge on any atom is 0.264 e. The summed E-state index contributed by atoms with van der Waals surface area (Å²) in [4.78, 5) is 30.2. The summed E-state index contributed by atoms with van der Waals surface area (Å²) in [5.41, 5.74) is 2.51. The third kappa shape index (κ3) is 8.68. The first-order valence-electron chi connectivity index (χ1n) is 15.4. The Morgan fingerprint density at radius 3 is 2.15 bits per heavy atom. The van der Waals surface area contributed by atoms with E-state index in [1.54, 1.807) is 36.4 Å². The van der Waals surface area contributed by atoms with E-state index in [1.807, 2.05) is 37.3 Å². The molecular weight excluding hydrogens is 677 g/mol. The zero-order valence-electron chi connectivity index (χ0n) is 25.9. The third-order valence-electron chi connectivity index (χ3n) is 8.35. The van der Waals surface area contributed by atoms with E-state index >= 15 is 0 Å². The number of anilines is 1. The summed E-state index contributed by atoms with van der Waals surface area (Å²) >= 11 is 19.1. The van der Waals surface area contributed by atoms with Crippen LogP contribution < -0.4 is 9.62 Å². The molecule has 2 amide bonds. The monoisotopic (exact) mass is 711 g/mol. The minimum atomic E-state index is -4.28. The summed E-state index contributed by atoms with van der Waals surface area (Å²) < 4.78 is 29.4. The van der Waals surface area contributed by atoms with Gasteiger partial charge in [0.2, 0.25) is 11.8 Å². The second-order valence-corrected chi connectivity index (χ2v) is 14.8. The maximum atomic E-state index is 14.6. The Kier molecular flexibility index (Phi) is 11.5. The predicted octanol–water partition coefficient (Wildman–Crippen LogP) is 7.85. The number of aryl methyl sites for hydroxylation is 1. The smallest absolute Gasteiger partial charge is 0.264 e. The molecule has 0 aliphatic heterocycles. The maximum absolute atomic E-state index is 14.6. The Labute approximate surface area is 291 Å². The number of nitrogens with one attached hydrogen (secondary N) is 1. The van der Waals surface area contributed by atoms with Gasteiger partial charge in [-0.1, -0.05) is 114 Å². The standard InChI is InChI=1S/C36H36Cl3N3O4S/c1-25-15-18-30(19-16-25)47(45,46)42(29-17-20-32(38)33(39)22-29)24-35(43)41(23-27-11-5-8-14-31(27)37)34(21-26-9-3-2-4-10-26)36(44)40-28-12-6-7-13-28/h2-5,8-11,14-20,22,28,34H,6-7,12-13,21,23-24H2,1H3,(H,40,44). The van der Waals surface area contributed by atoms with Crippen LogP contribution >= 0.6 is 34.8 Å². The molecule has 1 N–H and O–H groups in total. The number of carbonyl (C=O) groups is 2. The number of sulfonamides is 1. The van der Waals surface area contributed by atoms with Crippen molar-refractivity contribution in [1.82, 2.24) is 10.2 Å². The Bertz CT molecular complexity index is 1820. The molecule has 5 rings (SSSR count). The fourth-order valence-electron chi connectivity index (χ4n) is 5.74. The summed E-state index contributed by atoms with van der Waals surface area (Å²) in [6.45, 7) is 1.22. The lowest BCUT2D eigenvalue weighted by atomic mass is 10.0. The van der Waals surface area contributed by atoms with Gasteiger partial charge in [0.25, 0.3) is 10.0 Å². The number of hydrogen-bond donors (Lipinski definition) is 1. The summed E-state index contributed by atoms with van der Waals surface area (Å²) in [5.74, 6) is -0.891. The highest BCUT2D eigenvalue weighted by Crippen LogP contribution is 2.31. The lowest BCUT2D eigenvalue weighted by Crippen LogP contribution is -2.54. The molecule has 1 atom stereocenters. The molecule has 0 radical (unpaired) electrons. The van der Waals surface area contributed by atoms with Gasteiger partial charge in [0, 0.05) is 24.0 Å². The Hall–Kier alpha value is -3.56. The van der Waals surface area contributed by atoms with Crippen LogP contribution in [0.25, 0.3) is 0 Å². The van der Waals surface area contributed by atoms with Crippen LogP contribution in [0.5, 0.6) is 0 Å². The Balaban J connectivity index is 1.58. The van der Waals surface area contributed by atoms with E-state index < -0.39 is 28.5 Å². The van der Waals surface area contributed by atoms with Gasteiger partial charge in [0.15, 0.2) is 0 Å². The lowest BCUT2D eigenvalue weighted by molar-refractivity contribution is -0.140. The molecule has 1 aliphatic rings. The first-order chi connectivity index (χ1) is 22.5. The van der Waals surface area contributed by atoms with Gasteiger partial charge >= 0.3 is 0 Å². The lowest BCUT2D eigenvalue weighted by Gasteiger charge is -2.34. The van der Waals surface area contributed by atoms with Gasteiger partial charge < -0.3 is 10.2 Å². The zero-order chi connectivity index (χ0) is 33.6. The average Bonchev–Trinajstić information content (AvgIpc) is 3.57. The SMILES string of the molecule is Cc1ccc(S(=O)(=O)N(CC(=O)N(Cc2ccccc2Cl)C(Cc2ccccc2)C(=O)NC2CCCC2)c2ccc(Cl)c(Cl)c2)cc1. The van der Waals surface area contributed by atoms with Crippen molar-refractivity contribution in [2.75, 3.05) is 10.8 Å². The molecule has 0 spiro atoms. The van der Waals surface area contributed by atoms with E-state index in [4.69, 9.17) is 34.8 Å². The molecule has 0 bridgehead atoms. The van der Waals surface area contributed by atoms with E-state index in [-0.39, 0.29) is 45.5 Å². The fourth-order valence-corrected chi connectivity index (χ4v) is 7.63. The highest BCUT2D eigenvalue weighted by Gasteiger charge is 2.36. The van der Waals surface area contributed by atoms with E-state index in [0.717, 1.165) is 41.1 Å². The van der Waals surface area contributed by atoms with Crippen LogP contribution in [0, 0.1) is 6.92 Å². The van der Waals surface area contributed by atoms with Crippen molar-refractivity contribution in [3.63, 3.8) is 0 Å². The van der Waals surface area contributed by atoms with E-state index in [1.165, 1.54) is 35.2 Å². The van der Waals surface area contributed by atoms with Crippen molar-refractivity contribution < 1.29 is 18.0 Å². The fraction of sp³-hybridized carbons (Fsp3) is 0.278. The van der Waals surface area contributed by atoms with Crippen LogP contribution in [0.2, 0.25) is 15.1 Å². The van der Waals surface area contributed by atoms with Crippen LogP contribution in [-0.4, -0.2) is 43.8 Å². The molecular formula is C36H36Cl3N3O4S. The van der Waals surface area contributed by atoms with Crippen LogP contribution in [-0.2, 0) is 32.6 Å². The molecule has 1 saturated carbocycles. The van der Waals surface area contributed by atoms with Gasteiger partial charge in [-0.15, -0.1) is 0 Å². The Morgan fingerprint density at radius 2 is 1.49 bits per heavy atom. The topological polar surface area (TPSA) is 86.8 Å². The minimum Gasteiger partial charge on any atom is -0.352 e. The van der Waals surface area contributed by atoms with Crippen molar-refractivity contribution in [3.05, 3.63) is 129 Å². The van der Waals surface area contributed by atoms with Crippen molar-refractivity contribution in [3.8, 4) is 0 Å². The number of hydrogen-bond acceptors (Lipinski definition) is 4. The summed E-state index contributed by atoms with van der Waals surface area (Å²) in [5, 5.41) is 3.96. The van der Waals surface area contributed by atoms with Crippen molar-refractivity contribution in [2.45, 2.75) is 62.6 Å². The molecule has 11 heteroatoms. The molecule has 0 aromatic heterocycles. The van der Waals surface area contributed by atoms with Gasteiger partial charge in [-0.25, -0.2) is 8.42 Å². The van der Waals surface area contributed by atoms with Gasteiger partial charge in [0.05, 0.1) is 20.6 Å². The molecule has 4 aromatic rings. The zero-order valence-corrected chi connectivity index (χ0v) is 29.0. The van der Waals surface area contributed by atoms with Gasteiger partial charge in [-0.3, -0.25) is 13.9 Å². The van der Waals surface area contributed by atoms with E-state index in [2.05, 4.69) is 5.32 Å². The van der Waals surface area contributed by atoms with Crippen molar-refractivity contribution in [1.29, 1.82) is 0 Å². The van der Waals surface area contributed by atoms with E-state index in [9.17, 15) is 18.0 Å². The molecule has 0 saturated heterocycles. The Morgan fingerprint density at radius 1 is 0.830 bits per heavy atom. The first kappa shape index (κ1) is 34.8. The summed E-state index contributed by atoms with van der Waals surface area (Å²) in [6.07, 6.45) is 3.98. The molecule has 4 aromatic carbocycles. The number of benzene rings is 4. The van der Waals surface area contributed by atoms with Crippen LogP contribution in [0.4, 0.5) is 5.69 Å². The van der Waals surface area contributed by atoms with Crippen molar-refractivity contribution >= 4 is 62.3 Å². The van der Waals surface area contributed by atoms with Crippen LogP contribution in [0.1, 0.15) is 42.4 Å². The molecule has 1 aliphatic carbocycles. The molecule has 7 nitrogen and oxygen atoms in total. The summed E-state index contributed by atoms with van der Waals surface area (Å²) in [7, 11) is -4.28. The largest absolute Gasteiger partial charge is 0.352 e. The quantitative estimate of drug-likeness (QED) is 0.162. The highest BCUT2D eigenvalue weighted by molar-refractivity contribution is 7.92. The first-order valence-corrected chi connectivity index (χ1v) is 18.0. The normalized spacial score (nSPS) is 14.0. The second-order valence-electron chi connectivity index (χ2n) is 11.7. The van der Waals surface area contributed by atoms with Gasteiger partial charge in [0.1, 0.15) is 12.6 Å². The van der Waals surface area contributed by atoms with E-state index in [0.29, 0.717) is 10.6 Å². The number of halogens is 3. The summed E-state index contributed by atoms with van der Waals surface area (Å²) in [6, 6.07) is 26.3. The van der Waals surface area contributed by atoms with Gasteiger partial charge in [-0.05, 0) is 67.3 Å². The number of carbonyl (C=O) groups excluding carboxylic acids is 2. The minimum absolute atomic E-state index is 0.000520. The molecule has 47 heavy (non-hydrogen) atoms. The number of rotatable bonds is 12. The van der Waals surface area contributed by atoms with Gasteiger partial charge in [-0.2, -0.15) is 0 Å². The molecule has 1 fully saturated rings. The third-order valence-corrected chi connectivity index (χ3v) is 11.2. The number of amides is 2. The highest BCUT2D eigenvalue weighted by atomic mass is 35.5. The predicted molar refractivity (Wildman–Crippen MR) is 189 cm³/mol. The molecule has 246 valence electrons. The average molecular weight is 713 g/mol. The second kappa shape index (κ2) is 15.6. The van der Waals surface area contributed by atoms with Crippen LogP contribution in [0.3, 0.4) is 0 Å². The molecule has 1 unspecified atom stereocenters. The van der Waals surface area contributed by atoms with Crippen LogP contribution in [0.15, 0.2) is 102 Å². The number of nitrogens with zero attached hydrogens (tertiary/aromatic N) is 2. The molecule has 0 heterocycles.